The molecular weight excluding hydrogens is 356 g/mol. The van der Waals surface area contributed by atoms with Gasteiger partial charge in [0, 0.05) is 17.8 Å². The lowest BCUT2D eigenvalue weighted by Gasteiger charge is -2.20. The summed E-state index contributed by atoms with van der Waals surface area (Å²) in [5, 5.41) is 2.68. The molecule has 1 atom stereocenters. The lowest BCUT2D eigenvalue weighted by Crippen LogP contribution is -2.29. The van der Waals surface area contributed by atoms with Crippen molar-refractivity contribution in [3.63, 3.8) is 0 Å². The van der Waals surface area contributed by atoms with Crippen LogP contribution in [0.1, 0.15) is 43.7 Å². The largest absolute Gasteiger partial charge is 0.351 e. The van der Waals surface area contributed by atoms with Crippen molar-refractivity contribution in [3.05, 3.63) is 52.9 Å². The molecule has 0 fully saturated rings. The molecule has 7 heteroatoms. The van der Waals surface area contributed by atoms with Crippen LogP contribution in [0.3, 0.4) is 0 Å². The summed E-state index contributed by atoms with van der Waals surface area (Å²) >= 11 is 1.17. The standard InChI is InChI=1S/C18H24N2O3S2/c1-13(2)11-17(15-7-5-4-6-8-15)20-25(22,23)18-10-9-16(24-18)12-19-14(3)21/h4-10,13,17,20H,11-12H2,1-3H3,(H,19,21). The molecule has 5 nitrogen and oxygen atoms in total. The van der Waals surface area contributed by atoms with Crippen molar-refractivity contribution in [2.24, 2.45) is 5.92 Å². The first kappa shape index (κ1) is 19.6. The van der Waals surface area contributed by atoms with E-state index >= 15 is 0 Å². The Morgan fingerprint density at radius 2 is 1.80 bits per heavy atom. The van der Waals surface area contributed by atoms with E-state index in [1.165, 1.54) is 18.3 Å². The van der Waals surface area contributed by atoms with E-state index in [4.69, 9.17) is 0 Å². The second-order valence-corrected chi connectivity index (χ2v) is 9.45. The molecule has 0 spiro atoms. The van der Waals surface area contributed by atoms with Crippen LogP contribution in [0.25, 0.3) is 0 Å². The maximum Gasteiger partial charge on any atom is 0.250 e. The van der Waals surface area contributed by atoms with Crippen molar-refractivity contribution in [1.29, 1.82) is 0 Å². The fourth-order valence-electron chi connectivity index (χ4n) is 2.46. The lowest BCUT2D eigenvalue weighted by atomic mass is 9.98. The van der Waals surface area contributed by atoms with Crippen LogP contribution in [0.15, 0.2) is 46.7 Å². The van der Waals surface area contributed by atoms with Gasteiger partial charge >= 0.3 is 0 Å². The highest BCUT2D eigenvalue weighted by Gasteiger charge is 2.23. The molecule has 1 amide bonds. The molecule has 1 unspecified atom stereocenters. The monoisotopic (exact) mass is 380 g/mol. The van der Waals surface area contributed by atoms with Crippen molar-refractivity contribution in [1.82, 2.24) is 10.0 Å². The van der Waals surface area contributed by atoms with E-state index in [1.54, 1.807) is 12.1 Å². The molecular formula is C18H24N2O3S2. The van der Waals surface area contributed by atoms with Crippen molar-refractivity contribution >= 4 is 27.3 Å². The third kappa shape index (κ3) is 5.95. The molecule has 0 saturated heterocycles. The molecule has 136 valence electrons. The Morgan fingerprint density at radius 3 is 2.40 bits per heavy atom. The summed E-state index contributed by atoms with van der Waals surface area (Å²) in [4.78, 5) is 11.8. The van der Waals surface area contributed by atoms with Crippen molar-refractivity contribution in [3.8, 4) is 0 Å². The Kier molecular flexibility index (Phi) is 6.75. The van der Waals surface area contributed by atoms with Crippen molar-refractivity contribution in [2.75, 3.05) is 0 Å². The summed E-state index contributed by atoms with van der Waals surface area (Å²) in [6.45, 7) is 5.91. The minimum atomic E-state index is -3.62. The molecule has 0 aliphatic carbocycles. The van der Waals surface area contributed by atoms with E-state index in [-0.39, 0.29) is 16.2 Å². The maximum atomic E-state index is 12.8. The van der Waals surface area contributed by atoms with Gasteiger partial charge in [0.2, 0.25) is 5.91 Å². The summed E-state index contributed by atoms with van der Waals surface area (Å²) in [5.74, 6) is 0.212. The fourth-order valence-corrected chi connectivity index (χ4v) is 5.01. The van der Waals surface area contributed by atoms with Crippen LogP contribution in [-0.2, 0) is 21.4 Å². The topological polar surface area (TPSA) is 75.3 Å². The molecule has 2 aromatic rings. The van der Waals surface area contributed by atoms with Gasteiger partial charge in [-0.1, -0.05) is 44.2 Å². The molecule has 0 radical (unpaired) electrons. The predicted molar refractivity (Wildman–Crippen MR) is 101 cm³/mol. The third-order valence-electron chi connectivity index (χ3n) is 3.62. The Balaban J connectivity index is 2.18. The molecule has 2 N–H and O–H groups in total. The van der Waals surface area contributed by atoms with Gasteiger partial charge in [-0.2, -0.15) is 0 Å². The van der Waals surface area contributed by atoms with Crippen molar-refractivity contribution < 1.29 is 13.2 Å². The maximum absolute atomic E-state index is 12.8. The number of carbonyl (C=O) groups is 1. The molecule has 2 rings (SSSR count). The molecule has 1 aromatic carbocycles. The first-order valence-electron chi connectivity index (χ1n) is 8.18. The Hall–Kier alpha value is -1.70. The summed E-state index contributed by atoms with van der Waals surface area (Å²) < 4.78 is 28.6. The number of sulfonamides is 1. The van der Waals surface area contributed by atoms with Gasteiger partial charge in [-0.05, 0) is 30.0 Å². The molecule has 25 heavy (non-hydrogen) atoms. The highest BCUT2D eigenvalue weighted by Crippen LogP contribution is 2.27. The zero-order valence-electron chi connectivity index (χ0n) is 14.7. The van der Waals surface area contributed by atoms with Gasteiger partial charge in [-0.3, -0.25) is 4.79 Å². The van der Waals surface area contributed by atoms with E-state index in [2.05, 4.69) is 23.9 Å². The van der Waals surface area contributed by atoms with Crippen LogP contribution in [0.5, 0.6) is 0 Å². The summed E-state index contributed by atoms with van der Waals surface area (Å²) in [6.07, 6.45) is 0.716. The van der Waals surface area contributed by atoms with Crippen LogP contribution in [0.4, 0.5) is 0 Å². The zero-order chi connectivity index (χ0) is 18.4. The van der Waals surface area contributed by atoms with Crippen LogP contribution >= 0.6 is 11.3 Å². The van der Waals surface area contributed by atoms with E-state index in [0.29, 0.717) is 18.9 Å². The Morgan fingerprint density at radius 1 is 1.12 bits per heavy atom. The summed E-state index contributed by atoms with van der Waals surface area (Å²) in [7, 11) is -3.62. The first-order chi connectivity index (χ1) is 11.8. The zero-order valence-corrected chi connectivity index (χ0v) is 16.3. The third-order valence-corrected chi connectivity index (χ3v) is 6.67. The SMILES string of the molecule is CC(=O)NCc1ccc(S(=O)(=O)NC(CC(C)C)c2ccccc2)s1. The average molecular weight is 381 g/mol. The van der Waals surface area contributed by atoms with Gasteiger partial charge in [0.15, 0.2) is 0 Å². The number of rotatable bonds is 8. The molecule has 0 bridgehead atoms. The molecule has 0 saturated carbocycles. The second kappa shape index (κ2) is 8.60. The van der Waals surface area contributed by atoms with Crippen molar-refractivity contribution in [2.45, 2.75) is 44.0 Å². The first-order valence-corrected chi connectivity index (χ1v) is 10.5. The van der Waals surface area contributed by atoms with Gasteiger partial charge in [-0.25, -0.2) is 13.1 Å². The molecule has 1 heterocycles. The molecule has 0 aliphatic rings. The quantitative estimate of drug-likeness (QED) is 0.736. The fraction of sp³-hybridized carbons (Fsp3) is 0.389. The number of amides is 1. The van der Waals surface area contributed by atoms with Crippen LogP contribution in [-0.4, -0.2) is 14.3 Å². The van der Waals surface area contributed by atoms with Gasteiger partial charge in [0.25, 0.3) is 10.0 Å². The number of nitrogens with one attached hydrogen (secondary N) is 2. The minimum absolute atomic E-state index is 0.142. The number of thiophene rings is 1. The van der Waals surface area contributed by atoms with Crippen LogP contribution in [0.2, 0.25) is 0 Å². The number of hydrogen-bond acceptors (Lipinski definition) is 4. The van der Waals surface area contributed by atoms with Gasteiger partial charge < -0.3 is 5.32 Å². The minimum Gasteiger partial charge on any atom is -0.351 e. The van der Waals surface area contributed by atoms with E-state index < -0.39 is 10.0 Å². The van der Waals surface area contributed by atoms with E-state index in [0.717, 1.165) is 10.4 Å². The normalized spacial score (nSPS) is 13.0. The van der Waals surface area contributed by atoms with Gasteiger partial charge in [0.1, 0.15) is 4.21 Å². The smallest absolute Gasteiger partial charge is 0.250 e. The summed E-state index contributed by atoms with van der Waals surface area (Å²) in [5.41, 5.74) is 0.954. The predicted octanol–water partition coefficient (Wildman–Crippen LogP) is 3.45. The van der Waals surface area contributed by atoms with E-state index in [1.807, 2.05) is 30.3 Å². The number of carbonyl (C=O) groups excluding carboxylic acids is 1. The Bertz CT molecular complexity index is 799. The highest BCUT2D eigenvalue weighted by atomic mass is 32.2. The Labute approximate surface area is 153 Å². The van der Waals surface area contributed by atoms with Crippen LogP contribution < -0.4 is 10.0 Å². The summed E-state index contributed by atoms with van der Waals surface area (Å²) in [6, 6.07) is 12.7. The molecule has 0 aliphatic heterocycles. The number of benzene rings is 1. The highest BCUT2D eigenvalue weighted by molar-refractivity contribution is 7.91. The van der Waals surface area contributed by atoms with E-state index in [9.17, 15) is 13.2 Å². The molecule has 1 aromatic heterocycles. The second-order valence-electron chi connectivity index (χ2n) is 6.34. The average Bonchev–Trinajstić information content (AvgIpc) is 3.02. The lowest BCUT2D eigenvalue weighted by molar-refractivity contribution is -0.119. The van der Waals surface area contributed by atoms with Gasteiger partial charge in [0.05, 0.1) is 6.54 Å². The number of hydrogen-bond donors (Lipinski definition) is 2. The van der Waals surface area contributed by atoms with Crippen LogP contribution in [0, 0.1) is 5.92 Å². The van der Waals surface area contributed by atoms with Gasteiger partial charge in [-0.15, -0.1) is 11.3 Å².